The second kappa shape index (κ2) is 13.4. The Morgan fingerprint density at radius 1 is 0.896 bits per heavy atom. The second-order valence-electron chi connectivity index (χ2n) is 13.7. The van der Waals surface area contributed by atoms with Crippen molar-refractivity contribution in [3.8, 4) is 22.8 Å². The van der Waals surface area contributed by atoms with E-state index in [1.165, 1.54) is 0 Å². The molecule has 48 heavy (non-hydrogen) atoms. The average molecular weight is 660 g/mol. The third-order valence-corrected chi connectivity index (χ3v) is 9.55. The predicted octanol–water partition coefficient (Wildman–Crippen LogP) is 9.43. The van der Waals surface area contributed by atoms with E-state index < -0.39 is 11.4 Å². The standard InChI is InChI=1S/C40H41N3O4S/c1-39(2,3)48-37-32-21-31(47-25-30-16-14-27-11-7-8-13-33(27)42-30)17-18-34(32)43(35(37)22-40(4,5)38(44)45)24-26-10-9-12-28(20-26)29-15-19-36(46-6)41-23-29/h7-21,23H,22,24-25H2,1-6H3,(H,44,45). The van der Waals surface area contributed by atoms with Gasteiger partial charge in [0.05, 0.1) is 23.7 Å². The molecule has 0 aliphatic rings. The number of methoxy groups -OCH3 is 1. The Morgan fingerprint density at radius 2 is 1.71 bits per heavy atom. The number of hydrogen-bond acceptors (Lipinski definition) is 6. The normalized spacial score (nSPS) is 12.0. The minimum absolute atomic E-state index is 0.117. The Hall–Kier alpha value is -4.82. The summed E-state index contributed by atoms with van der Waals surface area (Å²) in [6, 6.07) is 30.6. The second-order valence-corrected chi connectivity index (χ2v) is 15.5. The Bertz CT molecular complexity index is 2090. The molecule has 0 radical (unpaired) electrons. The molecule has 0 spiro atoms. The summed E-state index contributed by atoms with van der Waals surface area (Å²) in [5.74, 6) is 0.482. The van der Waals surface area contributed by atoms with Gasteiger partial charge in [-0.05, 0) is 67.4 Å². The fourth-order valence-electron chi connectivity index (χ4n) is 5.77. The van der Waals surface area contributed by atoms with E-state index in [-0.39, 0.29) is 4.75 Å². The van der Waals surface area contributed by atoms with Crippen molar-refractivity contribution in [3.05, 3.63) is 114 Å². The van der Waals surface area contributed by atoms with E-state index in [2.05, 4.69) is 78.9 Å². The summed E-state index contributed by atoms with van der Waals surface area (Å²) in [5, 5.41) is 12.4. The molecule has 0 bridgehead atoms. The molecule has 246 valence electrons. The number of para-hydroxylation sites is 1. The smallest absolute Gasteiger partial charge is 0.309 e. The van der Waals surface area contributed by atoms with Gasteiger partial charge in [-0.2, -0.15) is 0 Å². The summed E-state index contributed by atoms with van der Waals surface area (Å²) in [5.41, 5.74) is 6.00. The maximum Gasteiger partial charge on any atom is 0.309 e. The maximum absolute atomic E-state index is 12.5. The van der Waals surface area contributed by atoms with Crippen molar-refractivity contribution in [2.75, 3.05) is 7.11 Å². The number of aromatic nitrogens is 3. The zero-order valence-electron chi connectivity index (χ0n) is 28.3. The zero-order valence-corrected chi connectivity index (χ0v) is 29.1. The number of pyridine rings is 2. The van der Waals surface area contributed by atoms with Gasteiger partial charge in [-0.25, -0.2) is 9.97 Å². The van der Waals surface area contributed by atoms with E-state index in [9.17, 15) is 9.90 Å². The maximum atomic E-state index is 12.5. The van der Waals surface area contributed by atoms with Gasteiger partial charge in [0.2, 0.25) is 5.88 Å². The van der Waals surface area contributed by atoms with Crippen molar-refractivity contribution in [3.63, 3.8) is 0 Å². The lowest BCUT2D eigenvalue weighted by Gasteiger charge is -2.24. The van der Waals surface area contributed by atoms with E-state index in [1.54, 1.807) is 32.7 Å². The SMILES string of the molecule is COc1ccc(-c2cccc(Cn3c(CC(C)(C)C(=O)O)c(SC(C)(C)C)c4cc(OCc5ccc6ccccc6n5)ccc43)c2)cn1. The van der Waals surface area contributed by atoms with Gasteiger partial charge < -0.3 is 19.1 Å². The van der Waals surface area contributed by atoms with Crippen molar-refractivity contribution < 1.29 is 19.4 Å². The van der Waals surface area contributed by atoms with Crippen LogP contribution in [0.15, 0.2) is 102 Å². The van der Waals surface area contributed by atoms with Gasteiger partial charge >= 0.3 is 5.97 Å². The van der Waals surface area contributed by atoms with E-state index in [0.717, 1.165) is 60.5 Å². The van der Waals surface area contributed by atoms with Crippen LogP contribution in [-0.2, 0) is 24.4 Å². The molecule has 0 atom stereocenters. The van der Waals surface area contributed by atoms with Crippen LogP contribution in [0.3, 0.4) is 0 Å². The fourth-order valence-corrected chi connectivity index (χ4v) is 6.95. The number of carboxylic acid groups (broad SMARTS) is 1. The molecule has 8 heteroatoms. The summed E-state index contributed by atoms with van der Waals surface area (Å²) in [6.45, 7) is 11.1. The van der Waals surface area contributed by atoms with Crippen LogP contribution in [0.2, 0.25) is 0 Å². The van der Waals surface area contributed by atoms with Gasteiger partial charge in [-0.15, -0.1) is 11.8 Å². The Kier molecular flexibility index (Phi) is 9.21. The lowest BCUT2D eigenvalue weighted by Crippen LogP contribution is -2.28. The molecule has 0 fully saturated rings. The molecule has 0 aliphatic heterocycles. The number of thioether (sulfide) groups is 1. The van der Waals surface area contributed by atoms with Crippen LogP contribution in [-0.4, -0.2) is 37.5 Å². The predicted molar refractivity (Wildman–Crippen MR) is 194 cm³/mol. The third-order valence-electron chi connectivity index (χ3n) is 8.28. The number of fused-ring (bicyclic) bond motifs is 2. The van der Waals surface area contributed by atoms with E-state index >= 15 is 0 Å². The summed E-state index contributed by atoms with van der Waals surface area (Å²) in [4.78, 5) is 22.7. The molecule has 3 aromatic heterocycles. The summed E-state index contributed by atoms with van der Waals surface area (Å²) >= 11 is 1.77. The van der Waals surface area contributed by atoms with Gasteiger partial charge in [0.1, 0.15) is 12.4 Å². The molecule has 0 unspecified atom stereocenters. The molecule has 0 saturated carbocycles. The first kappa shape index (κ1) is 33.1. The molecule has 3 heterocycles. The number of aliphatic carboxylic acids is 1. The molecule has 7 nitrogen and oxygen atoms in total. The molecule has 0 aliphatic carbocycles. The summed E-state index contributed by atoms with van der Waals surface area (Å²) < 4.78 is 13.7. The quantitative estimate of drug-likeness (QED) is 0.139. The zero-order chi connectivity index (χ0) is 34.1. The first-order chi connectivity index (χ1) is 22.9. The number of ether oxygens (including phenoxy) is 2. The minimum Gasteiger partial charge on any atom is -0.487 e. The van der Waals surface area contributed by atoms with E-state index in [0.29, 0.717) is 25.5 Å². The summed E-state index contributed by atoms with van der Waals surface area (Å²) in [6.07, 6.45) is 2.19. The van der Waals surface area contributed by atoms with Crippen molar-refractivity contribution in [1.82, 2.24) is 14.5 Å². The van der Waals surface area contributed by atoms with Gasteiger partial charge in [0.25, 0.3) is 0 Å². The monoisotopic (exact) mass is 659 g/mol. The van der Waals surface area contributed by atoms with Crippen LogP contribution in [0.25, 0.3) is 32.9 Å². The lowest BCUT2D eigenvalue weighted by molar-refractivity contribution is -0.146. The van der Waals surface area contributed by atoms with Crippen molar-refractivity contribution >= 4 is 39.5 Å². The van der Waals surface area contributed by atoms with Crippen molar-refractivity contribution in [2.45, 2.75) is 63.8 Å². The minimum atomic E-state index is -0.975. The molecule has 6 rings (SSSR count). The van der Waals surface area contributed by atoms with Crippen LogP contribution in [0.4, 0.5) is 0 Å². The van der Waals surface area contributed by atoms with Gasteiger partial charge in [0.15, 0.2) is 0 Å². The Labute approximate surface area is 286 Å². The molecule has 6 aromatic rings. The molecule has 3 aromatic carbocycles. The van der Waals surface area contributed by atoms with Crippen LogP contribution in [0, 0.1) is 5.41 Å². The largest absolute Gasteiger partial charge is 0.487 e. The lowest BCUT2D eigenvalue weighted by atomic mass is 9.88. The third kappa shape index (κ3) is 7.34. The van der Waals surface area contributed by atoms with E-state index in [4.69, 9.17) is 14.5 Å². The average Bonchev–Trinajstić information content (AvgIpc) is 3.32. The van der Waals surface area contributed by atoms with Crippen LogP contribution < -0.4 is 9.47 Å². The molecular weight excluding hydrogens is 619 g/mol. The number of carboxylic acids is 1. The number of carbonyl (C=O) groups is 1. The van der Waals surface area contributed by atoms with Gasteiger partial charge in [-0.3, -0.25) is 4.79 Å². The number of rotatable bonds is 11. The highest BCUT2D eigenvalue weighted by Gasteiger charge is 2.33. The molecule has 0 amide bonds. The first-order valence-electron chi connectivity index (χ1n) is 16.0. The van der Waals surface area contributed by atoms with Crippen LogP contribution >= 0.6 is 11.8 Å². The first-order valence-corrected chi connectivity index (χ1v) is 16.9. The topological polar surface area (TPSA) is 86.5 Å². The van der Waals surface area contributed by atoms with Crippen molar-refractivity contribution in [2.24, 2.45) is 5.41 Å². The molecule has 1 N–H and O–H groups in total. The van der Waals surface area contributed by atoms with Crippen molar-refractivity contribution in [1.29, 1.82) is 0 Å². The highest BCUT2D eigenvalue weighted by Crippen LogP contribution is 2.44. The number of hydrogen-bond donors (Lipinski definition) is 1. The Morgan fingerprint density at radius 3 is 2.44 bits per heavy atom. The molecule has 0 saturated heterocycles. The van der Waals surface area contributed by atoms with Gasteiger partial charge in [-0.1, -0.05) is 63.2 Å². The van der Waals surface area contributed by atoms with E-state index in [1.807, 2.05) is 48.7 Å². The number of nitrogens with zero attached hydrogens (tertiary/aromatic N) is 3. The highest BCUT2D eigenvalue weighted by molar-refractivity contribution is 8.00. The van der Waals surface area contributed by atoms with Crippen LogP contribution in [0.1, 0.15) is 51.6 Å². The highest BCUT2D eigenvalue weighted by atomic mass is 32.2. The van der Waals surface area contributed by atoms with Gasteiger partial charge in [0, 0.05) is 62.4 Å². The summed E-state index contributed by atoms with van der Waals surface area (Å²) in [7, 11) is 1.61. The molecular formula is C40H41N3O4S. The van der Waals surface area contributed by atoms with Crippen LogP contribution in [0.5, 0.6) is 11.6 Å². The Balaban J connectivity index is 1.42. The number of benzene rings is 3. The fraction of sp³-hybridized carbons (Fsp3) is 0.275.